The average molecular weight is 469 g/mol. The maximum Gasteiger partial charge on any atom is 0.317 e. The van der Waals surface area contributed by atoms with Gasteiger partial charge in [-0.3, -0.25) is 4.79 Å². The van der Waals surface area contributed by atoms with Crippen molar-refractivity contribution in [1.82, 2.24) is 0 Å². The molecular formula is C26H28O4S2. The number of esters is 1. The van der Waals surface area contributed by atoms with Crippen LogP contribution in [-0.4, -0.2) is 20.6 Å². The molecule has 0 saturated carbocycles. The van der Waals surface area contributed by atoms with Gasteiger partial charge in [-0.25, -0.2) is 8.42 Å². The van der Waals surface area contributed by atoms with Crippen molar-refractivity contribution in [3.8, 4) is 5.75 Å². The van der Waals surface area contributed by atoms with Gasteiger partial charge in [-0.05, 0) is 79.4 Å². The van der Waals surface area contributed by atoms with Crippen molar-refractivity contribution >= 4 is 25.8 Å². The Labute approximate surface area is 191 Å². The molecule has 0 atom stereocenters. The van der Waals surface area contributed by atoms with Gasteiger partial charge in [0.2, 0.25) is 9.84 Å². The summed E-state index contributed by atoms with van der Waals surface area (Å²) in [5.74, 6) is 0.369. The van der Waals surface area contributed by atoms with Crippen molar-refractivity contribution in [1.29, 1.82) is 0 Å². The number of sulfone groups is 1. The van der Waals surface area contributed by atoms with E-state index in [-0.39, 0.29) is 11.9 Å². The lowest BCUT2D eigenvalue weighted by Gasteiger charge is -2.42. The summed E-state index contributed by atoms with van der Waals surface area (Å²) in [6.45, 7) is 7.77. The van der Waals surface area contributed by atoms with Gasteiger partial charge in [0.15, 0.2) is 0 Å². The van der Waals surface area contributed by atoms with Gasteiger partial charge in [-0.1, -0.05) is 38.1 Å². The number of hydrogen-bond donors (Lipinski definition) is 0. The fourth-order valence-electron chi connectivity index (χ4n) is 3.76. The zero-order chi connectivity index (χ0) is 23.3. The van der Waals surface area contributed by atoms with Gasteiger partial charge in [0.05, 0.1) is 15.2 Å². The Kier molecular flexibility index (Phi) is 5.50. The maximum atomic E-state index is 13.3. The molecule has 0 radical (unpaired) electrons. The van der Waals surface area contributed by atoms with Crippen molar-refractivity contribution in [2.45, 2.75) is 52.2 Å². The molecule has 6 heteroatoms. The molecule has 0 bridgehead atoms. The summed E-state index contributed by atoms with van der Waals surface area (Å²) >= 11 is 0. The number of hydrogen-bond acceptors (Lipinski definition) is 4. The lowest BCUT2D eigenvalue weighted by molar-refractivity contribution is -0.146. The van der Waals surface area contributed by atoms with Crippen molar-refractivity contribution < 1.29 is 17.9 Å². The van der Waals surface area contributed by atoms with Gasteiger partial charge in [0.1, 0.15) is 5.75 Å². The van der Waals surface area contributed by atoms with E-state index in [9.17, 15) is 13.2 Å². The number of fused-ring (bicyclic) bond motifs is 2. The summed E-state index contributed by atoms with van der Waals surface area (Å²) in [6, 6.07) is 22.0. The first-order valence-electron chi connectivity index (χ1n) is 10.5. The van der Waals surface area contributed by atoms with Gasteiger partial charge in [-0.15, -0.1) is 0 Å². The molecule has 4 rings (SSSR count). The van der Waals surface area contributed by atoms with Gasteiger partial charge in [0.25, 0.3) is 0 Å². The number of ether oxygens (including phenoxy) is 1. The van der Waals surface area contributed by atoms with E-state index in [4.69, 9.17) is 4.74 Å². The lowest BCUT2D eigenvalue weighted by Crippen LogP contribution is -2.33. The highest BCUT2D eigenvalue weighted by Crippen LogP contribution is 2.71. The fraction of sp³-hybridized carbons (Fsp3) is 0.269. The molecule has 1 heterocycles. The lowest BCUT2D eigenvalue weighted by atomic mass is 9.81. The second-order valence-electron chi connectivity index (χ2n) is 9.05. The van der Waals surface area contributed by atoms with E-state index >= 15 is 0 Å². The third-order valence-corrected chi connectivity index (χ3v) is 12.4. The van der Waals surface area contributed by atoms with Crippen molar-refractivity contribution in [2.24, 2.45) is 11.3 Å². The molecule has 1 aliphatic heterocycles. The van der Waals surface area contributed by atoms with Crippen LogP contribution in [0.2, 0.25) is 0 Å². The Bertz CT molecular complexity index is 1240. The standard InChI is InChI=1S/C26H28O4S2/c1-18(2)26(3,4)25(27)30-19-14-16-20(17-15-19)31(5)21-10-6-8-12-23(21)32(28,29)24-13-9-7-11-22(24)31/h6-18H,1-5H3. The fourth-order valence-corrected chi connectivity index (χ4v) is 9.91. The molecule has 0 amide bonds. The number of benzene rings is 3. The first-order valence-corrected chi connectivity index (χ1v) is 14.1. The summed E-state index contributed by atoms with van der Waals surface area (Å²) in [7, 11) is -5.39. The molecule has 0 spiro atoms. The van der Waals surface area contributed by atoms with E-state index < -0.39 is 25.3 Å². The van der Waals surface area contributed by atoms with Crippen LogP contribution in [0.3, 0.4) is 0 Å². The predicted octanol–water partition coefficient (Wildman–Crippen LogP) is 6.33. The molecule has 0 aromatic heterocycles. The molecule has 3 aromatic rings. The van der Waals surface area contributed by atoms with Gasteiger partial charge in [0, 0.05) is 9.79 Å². The molecule has 0 unspecified atom stereocenters. The molecule has 0 aliphatic carbocycles. The molecule has 168 valence electrons. The number of rotatable bonds is 4. The third-order valence-electron chi connectivity index (χ3n) is 6.63. The van der Waals surface area contributed by atoms with Crippen molar-refractivity contribution in [3.63, 3.8) is 0 Å². The van der Waals surface area contributed by atoms with Crippen LogP contribution in [0.5, 0.6) is 5.75 Å². The van der Waals surface area contributed by atoms with Crippen LogP contribution >= 0.6 is 10.0 Å². The highest BCUT2D eigenvalue weighted by molar-refractivity contribution is 8.33. The zero-order valence-electron chi connectivity index (χ0n) is 19.0. The maximum absolute atomic E-state index is 13.3. The van der Waals surface area contributed by atoms with Crippen LogP contribution in [0, 0.1) is 11.3 Å². The van der Waals surface area contributed by atoms with E-state index in [1.807, 2.05) is 64.1 Å². The highest BCUT2D eigenvalue weighted by atomic mass is 32.3. The Hall–Kier alpha value is -2.57. The smallest absolute Gasteiger partial charge is 0.317 e. The molecule has 3 aromatic carbocycles. The summed E-state index contributed by atoms with van der Waals surface area (Å²) in [6.07, 6.45) is 2.13. The van der Waals surface area contributed by atoms with Crippen molar-refractivity contribution in [3.05, 3.63) is 72.8 Å². The van der Waals surface area contributed by atoms with Gasteiger partial charge in [-0.2, -0.15) is 10.0 Å². The Morgan fingerprint density at radius 1 is 0.781 bits per heavy atom. The van der Waals surface area contributed by atoms with E-state index in [1.165, 1.54) is 0 Å². The van der Waals surface area contributed by atoms with Crippen LogP contribution in [-0.2, 0) is 14.6 Å². The van der Waals surface area contributed by atoms with E-state index in [0.29, 0.717) is 15.5 Å². The van der Waals surface area contributed by atoms with Crippen LogP contribution in [0.1, 0.15) is 27.7 Å². The first-order chi connectivity index (χ1) is 15.0. The second-order valence-corrected chi connectivity index (χ2v) is 14.1. The molecular weight excluding hydrogens is 440 g/mol. The van der Waals surface area contributed by atoms with E-state index in [1.54, 1.807) is 36.4 Å². The summed E-state index contributed by atoms with van der Waals surface area (Å²) < 4.78 is 32.3. The summed E-state index contributed by atoms with van der Waals surface area (Å²) in [5, 5.41) is 0. The third kappa shape index (κ3) is 3.37. The molecule has 1 aliphatic rings. The van der Waals surface area contributed by atoms with E-state index in [0.717, 1.165) is 14.7 Å². The first kappa shape index (κ1) is 22.6. The Morgan fingerprint density at radius 2 is 1.22 bits per heavy atom. The normalized spacial score (nSPS) is 17.2. The topological polar surface area (TPSA) is 60.4 Å². The summed E-state index contributed by atoms with van der Waals surface area (Å²) in [5.41, 5.74) is -0.592. The predicted molar refractivity (Wildman–Crippen MR) is 127 cm³/mol. The SMILES string of the molecule is CC(C)C(C)(C)C(=O)Oc1ccc(S2(C)c3ccccc3S(=O)(=O)c3ccccc32)cc1. The molecule has 0 saturated heterocycles. The highest BCUT2D eigenvalue weighted by Gasteiger charge is 2.41. The number of carbonyl (C=O) groups is 1. The summed E-state index contributed by atoms with van der Waals surface area (Å²) in [4.78, 5) is 16.0. The van der Waals surface area contributed by atoms with Crippen LogP contribution < -0.4 is 4.74 Å². The minimum Gasteiger partial charge on any atom is -0.426 e. The molecule has 32 heavy (non-hydrogen) atoms. The molecule has 0 N–H and O–H groups in total. The largest absolute Gasteiger partial charge is 0.426 e. The minimum atomic E-state index is -3.58. The Morgan fingerprint density at radius 3 is 1.66 bits per heavy atom. The van der Waals surface area contributed by atoms with Crippen LogP contribution in [0.4, 0.5) is 0 Å². The zero-order valence-corrected chi connectivity index (χ0v) is 20.6. The second kappa shape index (κ2) is 7.78. The van der Waals surface area contributed by atoms with Gasteiger partial charge < -0.3 is 4.74 Å². The van der Waals surface area contributed by atoms with E-state index in [2.05, 4.69) is 6.26 Å². The van der Waals surface area contributed by atoms with Crippen LogP contribution in [0.25, 0.3) is 0 Å². The monoisotopic (exact) mass is 468 g/mol. The quantitative estimate of drug-likeness (QED) is 0.331. The average Bonchev–Trinajstić information content (AvgIpc) is 2.78. The van der Waals surface area contributed by atoms with Crippen molar-refractivity contribution in [2.75, 3.05) is 6.26 Å². The van der Waals surface area contributed by atoms with Gasteiger partial charge >= 0.3 is 5.97 Å². The van der Waals surface area contributed by atoms with Crippen LogP contribution in [0.15, 0.2) is 97.3 Å². The molecule has 4 nitrogen and oxygen atoms in total. The number of carbonyl (C=O) groups excluding carboxylic acids is 1. The molecule has 0 fully saturated rings. The minimum absolute atomic E-state index is 0.148. The Balaban J connectivity index is 1.80.